The largest absolute Gasteiger partial charge is 0.497 e. The molecule has 132 valence electrons. The van der Waals surface area contributed by atoms with Crippen LogP contribution >= 0.6 is 0 Å². The van der Waals surface area contributed by atoms with Gasteiger partial charge >= 0.3 is 0 Å². The lowest BCUT2D eigenvalue weighted by atomic mass is 10.1. The lowest BCUT2D eigenvalue weighted by Crippen LogP contribution is -2.36. The molecule has 0 saturated carbocycles. The topological polar surface area (TPSA) is 87.3 Å². The van der Waals surface area contributed by atoms with E-state index in [1.165, 1.54) is 0 Å². The van der Waals surface area contributed by atoms with Crippen LogP contribution in [0.25, 0.3) is 0 Å². The number of ether oxygens (including phenoxy) is 1. The highest BCUT2D eigenvalue weighted by molar-refractivity contribution is 5.90. The molecule has 1 aromatic carbocycles. The average molecular weight is 342 g/mol. The van der Waals surface area contributed by atoms with Crippen LogP contribution in [0.15, 0.2) is 36.7 Å². The van der Waals surface area contributed by atoms with Gasteiger partial charge in [0.05, 0.1) is 7.11 Å². The van der Waals surface area contributed by atoms with Gasteiger partial charge in [0.25, 0.3) is 5.91 Å². The molecule has 0 radical (unpaired) electrons. The highest BCUT2D eigenvalue weighted by atomic mass is 16.5. The zero-order valence-electron chi connectivity index (χ0n) is 14.2. The van der Waals surface area contributed by atoms with Gasteiger partial charge in [-0.05, 0) is 30.5 Å². The van der Waals surface area contributed by atoms with E-state index in [1.807, 2.05) is 29.2 Å². The minimum atomic E-state index is -0.233. The van der Waals surface area contributed by atoms with E-state index >= 15 is 0 Å². The van der Waals surface area contributed by atoms with Gasteiger partial charge in [0.2, 0.25) is 5.91 Å². The van der Waals surface area contributed by atoms with Gasteiger partial charge in [-0.2, -0.15) is 0 Å². The highest BCUT2D eigenvalue weighted by Crippen LogP contribution is 2.18. The number of H-pyrrole nitrogens is 1. The summed E-state index contributed by atoms with van der Waals surface area (Å²) in [6.45, 7) is 1.16. The van der Waals surface area contributed by atoms with Crippen LogP contribution in [0.4, 0.5) is 0 Å². The number of nitrogens with zero attached hydrogens (tertiary/aromatic N) is 2. The molecule has 2 aromatic rings. The predicted molar refractivity (Wildman–Crippen MR) is 92.1 cm³/mol. The maximum atomic E-state index is 12.4. The fourth-order valence-electron chi connectivity index (χ4n) is 2.98. The molecule has 0 bridgehead atoms. The summed E-state index contributed by atoms with van der Waals surface area (Å²) in [5.41, 5.74) is 1.03. The van der Waals surface area contributed by atoms with Crippen LogP contribution in [0.1, 0.15) is 35.4 Å². The Morgan fingerprint density at radius 3 is 3.08 bits per heavy atom. The van der Waals surface area contributed by atoms with E-state index in [4.69, 9.17) is 4.74 Å². The Kier molecular flexibility index (Phi) is 5.33. The summed E-state index contributed by atoms with van der Waals surface area (Å²) in [5.74, 6) is 0.952. The molecule has 0 spiro atoms. The summed E-state index contributed by atoms with van der Waals surface area (Å²) in [7, 11) is 1.63. The molecule has 7 heteroatoms. The number of aromatic amines is 1. The van der Waals surface area contributed by atoms with Crippen molar-refractivity contribution >= 4 is 11.8 Å². The molecule has 0 aliphatic carbocycles. The molecule has 2 heterocycles. The molecule has 1 aromatic heterocycles. The van der Waals surface area contributed by atoms with E-state index < -0.39 is 0 Å². The number of carbonyl (C=O) groups is 2. The third-order valence-electron chi connectivity index (χ3n) is 4.36. The van der Waals surface area contributed by atoms with Gasteiger partial charge < -0.3 is 19.9 Å². The zero-order chi connectivity index (χ0) is 17.6. The second-order valence-electron chi connectivity index (χ2n) is 6.10. The van der Waals surface area contributed by atoms with E-state index in [1.54, 1.807) is 19.5 Å². The Morgan fingerprint density at radius 2 is 2.32 bits per heavy atom. The first kappa shape index (κ1) is 17.0. The van der Waals surface area contributed by atoms with Crippen molar-refractivity contribution in [2.45, 2.75) is 31.8 Å². The monoisotopic (exact) mass is 342 g/mol. The molecule has 7 nitrogen and oxygen atoms in total. The molecule has 1 unspecified atom stereocenters. The fraction of sp³-hybridized carbons (Fsp3) is 0.389. The van der Waals surface area contributed by atoms with Crippen LogP contribution in [0.3, 0.4) is 0 Å². The number of methoxy groups -OCH3 is 1. The number of imidazole rings is 1. The van der Waals surface area contributed by atoms with Gasteiger partial charge in [0, 0.05) is 37.9 Å². The molecule has 1 saturated heterocycles. The molecule has 1 atom stereocenters. The van der Waals surface area contributed by atoms with Crippen molar-refractivity contribution in [2.24, 2.45) is 0 Å². The molecule has 25 heavy (non-hydrogen) atoms. The minimum absolute atomic E-state index is 0.0307. The van der Waals surface area contributed by atoms with E-state index in [0.29, 0.717) is 31.8 Å². The van der Waals surface area contributed by atoms with Gasteiger partial charge in [-0.3, -0.25) is 9.59 Å². The Hall–Kier alpha value is -2.83. The summed E-state index contributed by atoms with van der Waals surface area (Å²) >= 11 is 0. The Bertz CT molecular complexity index is 730. The number of rotatable bonds is 5. The minimum Gasteiger partial charge on any atom is -0.497 e. The van der Waals surface area contributed by atoms with Crippen LogP contribution < -0.4 is 10.1 Å². The SMILES string of the molecule is COc1cccc(CN2CCC(NC(=O)c3ncc[nH]3)CCC2=O)c1. The van der Waals surface area contributed by atoms with Crippen molar-refractivity contribution in [3.8, 4) is 5.75 Å². The van der Waals surface area contributed by atoms with E-state index in [2.05, 4.69) is 15.3 Å². The fourth-order valence-corrected chi connectivity index (χ4v) is 2.98. The first-order valence-electron chi connectivity index (χ1n) is 8.36. The van der Waals surface area contributed by atoms with Crippen LogP contribution in [0.2, 0.25) is 0 Å². The van der Waals surface area contributed by atoms with Gasteiger partial charge in [-0.15, -0.1) is 0 Å². The quantitative estimate of drug-likeness (QED) is 0.866. The summed E-state index contributed by atoms with van der Waals surface area (Å²) in [4.78, 5) is 33.1. The summed E-state index contributed by atoms with van der Waals surface area (Å²) in [5, 5.41) is 2.95. The van der Waals surface area contributed by atoms with Crippen molar-refractivity contribution in [1.82, 2.24) is 20.2 Å². The smallest absolute Gasteiger partial charge is 0.287 e. The normalized spacial score (nSPS) is 17.9. The third-order valence-corrected chi connectivity index (χ3v) is 4.36. The number of carbonyl (C=O) groups excluding carboxylic acids is 2. The number of hydrogen-bond donors (Lipinski definition) is 2. The average Bonchev–Trinajstić information content (AvgIpc) is 3.12. The maximum Gasteiger partial charge on any atom is 0.287 e. The van der Waals surface area contributed by atoms with E-state index in [9.17, 15) is 9.59 Å². The number of benzene rings is 1. The molecule has 3 rings (SSSR count). The van der Waals surface area contributed by atoms with Gasteiger partial charge in [-0.1, -0.05) is 12.1 Å². The summed E-state index contributed by atoms with van der Waals surface area (Å²) in [6.07, 6.45) is 4.94. The number of amides is 2. The van der Waals surface area contributed by atoms with Crippen LogP contribution in [-0.2, 0) is 11.3 Å². The summed E-state index contributed by atoms with van der Waals surface area (Å²) < 4.78 is 5.23. The Balaban J connectivity index is 1.59. The molecule has 1 fully saturated rings. The Morgan fingerprint density at radius 1 is 1.44 bits per heavy atom. The zero-order valence-corrected chi connectivity index (χ0v) is 14.2. The number of likely N-dealkylation sites (tertiary alicyclic amines) is 1. The maximum absolute atomic E-state index is 12.4. The van der Waals surface area contributed by atoms with Crippen molar-refractivity contribution in [1.29, 1.82) is 0 Å². The molecule has 1 aliphatic heterocycles. The second-order valence-corrected chi connectivity index (χ2v) is 6.10. The van der Waals surface area contributed by atoms with Gasteiger partial charge in [-0.25, -0.2) is 4.98 Å². The lowest BCUT2D eigenvalue weighted by molar-refractivity contribution is -0.131. The first-order valence-corrected chi connectivity index (χ1v) is 8.36. The van der Waals surface area contributed by atoms with Crippen molar-refractivity contribution in [2.75, 3.05) is 13.7 Å². The first-order chi connectivity index (χ1) is 12.2. The van der Waals surface area contributed by atoms with Crippen LogP contribution in [0, 0.1) is 0 Å². The Labute approximate surface area is 146 Å². The predicted octanol–water partition coefficient (Wildman–Crippen LogP) is 1.73. The standard InChI is InChI=1S/C18H22N4O3/c1-25-15-4-2-3-13(11-15)12-22-10-7-14(5-6-16(22)23)21-18(24)17-19-8-9-20-17/h2-4,8-9,11,14H,5-7,10,12H2,1H3,(H,19,20)(H,21,24). The lowest BCUT2D eigenvalue weighted by Gasteiger charge is -2.21. The van der Waals surface area contributed by atoms with Crippen molar-refractivity contribution in [3.05, 3.63) is 48.0 Å². The molecule has 1 aliphatic rings. The van der Waals surface area contributed by atoms with Crippen molar-refractivity contribution in [3.63, 3.8) is 0 Å². The summed E-state index contributed by atoms with van der Waals surface area (Å²) in [6, 6.07) is 7.69. The molecular weight excluding hydrogens is 320 g/mol. The van der Waals surface area contributed by atoms with Crippen molar-refractivity contribution < 1.29 is 14.3 Å². The molecule has 2 amide bonds. The number of aromatic nitrogens is 2. The van der Waals surface area contributed by atoms with Crippen LogP contribution in [0.5, 0.6) is 5.75 Å². The van der Waals surface area contributed by atoms with E-state index in [-0.39, 0.29) is 17.9 Å². The van der Waals surface area contributed by atoms with Gasteiger partial charge in [0.1, 0.15) is 5.75 Å². The number of hydrogen-bond acceptors (Lipinski definition) is 4. The molecular formula is C18H22N4O3. The highest BCUT2D eigenvalue weighted by Gasteiger charge is 2.24. The third kappa shape index (κ3) is 4.37. The van der Waals surface area contributed by atoms with Gasteiger partial charge in [0.15, 0.2) is 5.82 Å². The second kappa shape index (κ2) is 7.83. The van der Waals surface area contributed by atoms with E-state index in [0.717, 1.165) is 17.7 Å². The molecule has 2 N–H and O–H groups in total. The number of nitrogens with one attached hydrogen (secondary N) is 2. The van der Waals surface area contributed by atoms with Crippen LogP contribution in [-0.4, -0.2) is 46.4 Å².